The van der Waals surface area contributed by atoms with Gasteiger partial charge in [0.05, 0.1) is 12.2 Å². The summed E-state index contributed by atoms with van der Waals surface area (Å²) in [6, 6.07) is 6.60. The van der Waals surface area contributed by atoms with Crippen LogP contribution >= 0.6 is 11.8 Å². The summed E-state index contributed by atoms with van der Waals surface area (Å²) < 4.78 is 41.0. The van der Waals surface area contributed by atoms with Crippen molar-refractivity contribution in [2.75, 3.05) is 18.9 Å². The molecule has 1 aromatic carbocycles. The fraction of sp³-hybridized carbons (Fsp3) is 0.417. The third-order valence-electron chi connectivity index (χ3n) is 2.08. The molecule has 0 aromatic heterocycles. The van der Waals surface area contributed by atoms with Gasteiger partial charge in [0.25, 0.3) is 5.91 Å². The molecular weight excluding hydrogens is 279 g/mol. The summed E-state index contributed by atoms with van der Waals surface area (Å²) in [5.41, 5.74) is -3.95. The summed E-state index contributed by atoms with van der Waals surface area (Å²) in [5, 5.41) is 2.43. The third-order valence-corrected chi connectivity index (χ3v) is 2.82. The number of halogens is 3. The maximum absolute atomic E-state index is 11.9. The Morgan fingerprint density at radius 2 is 2.05 bits per heavy atom. The van der Waals surface area contributed by atoms with Crippen molar-refractivity contribution in [2.45, 2.75) is 12.4 Å². The van der Waals surface area contributed by atoms with Crippen molar-refractivity contribution in [3.8, 4) is 5.75 Å². The molecule has 1 N–H and O–H groups in total. The molecule has 19 heavy (non-hydrogen) atoms. The molecule has 0 spiro atoms. The number of para-hydroxylation sites is 1. The van der Waals surface area contributed by atoms with Gasteiger partial charge in [-0.05, 0) is 30.8 Å². The lowest BCUT2D eigenvalue weighted by Crippen LogP contribution is -2.27. The minimum absolute atomic E-state index is 0.0521. The molecule has 0 atom stereocenters. The summed E-state index contributed by atoms with van der Waals surface area (Å²) in [7, 11) is 0. The number of ether oxygens (including phenoxy) is 1. The topological polar surface area (TPSA) is 38.3 Å². The van der Waals surface area contributed by atoms with Crippen molar-refractivity contribution in [3.05, 3.63) is 29.8 Å². The molecule has 1 amide bonds. The van der Waals surface area contributed by atoms with Gasteiger partial charge in [-0.25, -0.2) is 0 Å². The summed E-state index contributed by atoms with van der Waals surface area (Å²) in [6.07, 6.45) is 0. The molecule has 1 rings (SSSR count). The number of carbonyl (C=O) groups is 1. The number of carbonyl (C=O) groups excluding carboxylic acids is 1. The van der Waals surface area contributed by atoms with Crippen LogP contribution in [0.3, 0.4) is 0 Å². The lowest BCUT2D eigenvalue weighted by atomic mass is 10.2. The number of rotatable bonds is 6. The van der Waals surface area contributed by atoms with E-state index in [1.165, 1.54) is 0 Å². The average molecular weight is 293 g/mol. The molecular formula is C12H14F3NO2S. The first-order chi connectivity index (χ1) is 8.94. The molecule has 3 nitrogen and oxygen atoms in total. The first-order valence-corrected chi connectivity index (χ1v) is 6.63. The van der Waals surface area contributed by atoms with Crippen molar-refractivity contribution in [1.29, 1.82) is 0 Å². The number of alkyl halides is 3. The molecule has 0 aliphatic heterocycles. The Hall–Kier alpha value is -1.37. The van der Waals surface area contributed by atoms with Crippen LogP contribution in [0.1, 0.15) is 17.3 Å². The SMILES string of the molecule is CCOc1ccccc1C(=O)NCCSC(F)(F)F. The summed E-state index contributed by atoms with van der Waals surface area (Å²) in [4.78, 5) is 11.8. The van der Waals surface area contributed by atoms with Crippen LogP contribution in [0, 0.1) is 0 Å². The standard InChI is InChI=1S/C12H14F3NO2S/c1-2-18-10-6-4-3-5-9(10)11(17)16-7-8-19-12(13,14)15/h3-6H,2,7-8H2,1H3,(H,16,17). The van der Waals surface area contributed by atoms with Gasteiger partial charge in [0, 0.05) is 12.3 Å². The lowest BCUT2D eigenvalue weighted by molar-refractivity contribution is -0.0327. The molecule has 0 bridgehead atoms. The number of thioether (sulfide) groups is 1. The summed E-state index contributed by atoms with van der Waals surface area (Å²) in [6.45, 7) is 2.15. The average Bonchev–Trinajstić information content (AvgIpc) is 2.34. The normalized spacial score (nSPS) is 11.2. The predicted octanol–water partition coefficient (Wildman–Crippen LogP) is 3.07. The third kappa shape index (κ3) is 5.87. The Morgan fingerprint density at radius 3 is 2.68 bits per heavy atom. The molecule has 7 heteroatoms. The minimum Gasteiger partial charge on any atom is -0.493 e. The van der Waals surface area contributed by atoms with Gasteiger partial charge in [0.1, 0.15) is 5.75 Å². The Bertz CT molecular complexity index is 424. The van der Waals surface area contributed by atoms with Gasteiger partial charge in [-0.1, -0.05) is 12.1 Å². The molecule has 0 heterocycles. The molecule has 0 aliphatic rings. The van der Waals surface area contributed by atoms with Crippen molar-refractivity contribution >= 4 is 17.7 Å². The second kappa shape index (κ2) is 7.28. The van der Waals surface area contributed by atoms with Crippen LogP contribution in [0.15, 0.2) is 24.3 Å². The maximum atomic E-state index is 11.9. The van der Waals surface area contributed by atoms with Crippen LogP contribution in [-0.2, 0) is 0 Å². The molecule has 1 aromatic rings. The van der Waals surface area contributed by atoms with E-state index in [1.807, 2.05) is 0 Å². The fourth-order valence-electron chi connectivity index (χ4n) is 1.36. The van der Waals surface area contributed by atoms with Crippen LogP contribution in [0.25, 0.3) is 0 Å². The highest BCUT2D eigenvalue weighted by atomic mass is 32.2. The highest BCUT2D eigenvalue weighted by Gasteiger charge is 2.27. The van der Waals surface area contributed by atoms with E-state index < -0.39 is 11.4 Å². The maximum Gasteiger partial charge on any atom is 0.441 e. The molecule has 0 radical (unpaired) electrons. The lowest BCUT2D eigenvalue weighted by Gasteiger charge is -2.10. The van der Waals surface area contributed by atoms with E-state index in [9.17, 15) is 18.0 Å². The van der Waals surface area contributed by atoms with Crippen molar-refractivity contribution in [2.24, 2.45) is 0 Å². The monoisotopic (exact) mass is 293 g/mol. The Balaban J connectivity index is 2.49. The molecule has 0 unspecified atom stereocenters. The van der Waals surface area contributed by atoms with Gasteiger partial charge in [0.15, 0.2) is 0 Å². The number of hydrogen-bond acceptors (Lipinski definition) is 3. The van der Waals surface area contributed by atoms with Gasteiger partial charge in [-0.15, -0.1) is 0 Å². The number of benzene rings is 1. The van der Waals surface area contributed by atoms with Crippen molar-refractivity contribution < 1.29 is 22.7 Å². The van der Waals surface area contributed by atoms with Gasteiger partial charge in [0.2, 0.25) is 0 Å². The van der Waals surface area contributed by atoms with Gasteiger partial charge in [-0.2, -0.15) is 13.2 Å². The second-order valence-electron chi connectivity index (χ2n) is 3.48. The fourth-order valence-corrected chi connectivity index (χ4v) is 1.80. The number of hydrogen-bond donors (Lipinski definition) is 1. The molecule has 106 valence electrons. The summed E-state index contributed by atoms with van der Waals surface area (Å²) in [5.74, 6) is -0.232. The zero-order chi connectivity index (χ0) is 14.3. The largest absolute Gasteiger partial charge is 0.493 e. The molecule has 0 aliphatic carbocycles. The summed E-state index contributed by atoms with van der Waals surface area (Å²) >= 11 is -0.161. The molecule has 0 saturated heterocycles. The van der Waals surface area contributed by atoms with E-state index in [-0.39, 0.29) is 24.1 Å². The highest BCUT2D eigenvalue weighted by Crippen LogP contribution is 2.29. The Kier molecular flexibility index (Phi) is 6.01. The Morgan fingerprint density at radius 1 is 1.37 bits per heavy atom. The van der Waals surface area contributed by atoms with E-state index in [1.54, 1.807) is 31.2 Å². The van der Waals surface area contributed by atoms with Crippen LogP contribution in [0.5, 0.6) is 5.75 Å². The van der Waals surface area contributed by atoms with Crippen LogP contribution in [-0.4, -0.2) is 30.3 Å². The zero-order valence-electron chi connectivity index (χ0n) is 10.3. The number of amides is 1. The van der Waals surface area contributed by atoms with Gasteiger partial charge < -0.3 is 10.1 Å². The van der Waals surface area contributed by atoms with Crippen LogP contribution in [0.2, 0.25) is 0 Å². The van der Waals surface area contributed by atoms with Crippen molar-refractivity contribution in [1.82, 2.24) is 5.32 Å². The number of nitrogens with one attached hydrogen (secondary N) is 1. The van der Waals surface area contributed by atoms with E-state index in [4.69, 9.17) is 4.74 Å². The minimum atomic E-state index is -4.27. The highest BCUT2D eigenvalue weighted by molar-refractivity contribution is 8.00. The predicted molar refractivity (Wildman–Crippen MR) is 68.5 cm³/mol. The van der Waals surface area contributed by atoms with Crippen LogP contribution < -0.4 is 10.1 Å². The smallest absolute Gasteiger partial charge is 0.441 e. The molecule has 0 saturated carbocycles. The zero-order valence-corrected chi connectivity index (χ0v) is 11.1. The van der Waals surface area contributed by atoms with E-state index in [0.29, 0.717) is 17.9 Å². The van der Waals surface area contributed by atoms with E-state index >= 15 is 0 Å². The molecule has 0 fully saturated rings. The van der Waals surface area contributed by atoms with E-state index in [0.717, 1.165) is 0 Å². The van der Waals surface area contributed by atoms with E-state index in [2.05, 4.69) is 5.32 Å². The van der Waals surface area contributed by atoms with Crippen molar-refractivity contribution in [3.63, 3.8) is 0 Å². The van der Waals surface area contributed by atoms with Gasteiger partial charge >= 0.3 is 5.51 Å². The first-order valence-electron chi connectivity index (χ1n) is 5.64. The second-order valence-corrected chi connectivity index (χ2v) is 4.64. The quantitative estimate of drug-likeness (QED) is 0.819. The van der Waals surface area contributed by atoms with Gasteiger partial charge in [-0.3, -0.25) is 4.79 Å². The Labute approximate surface area is 113 Å². The first kappa shape index (κ1) is 15.7. The van der Waals surface area contributed by atoms with Crippen LogP contribution in [0.4, 0.5) is 13.2 Å².